The third-order valence-corrected chi connectivity index (χ3v) is 3.17. The average Bonchev–Trinajstić information content (AvgIpc) is 3.06. The lowest BCUT2D eigenvalue weighted by Gasteiger charge is -2.10. The van der Waals surface area contributed by atoms with Crippen molar-refractivity contribution in [3.05, 3.63) is 29.8 Å². The van der Waals surface area contributed by atoms with Crippen molar-refractivity contribution in [3.8, 4) is 0 Å². The molecule has 0 radical (unpaired) electrons. The second-order valence-electron chi connectivity index (χ2n) is 4.82. The van der Waals surface area contributed by atoms with Crippen molar-refractivity contribution < 1.29 is 23.9 Å². The van der Waals surface area contributed by atoms with Gasteiger partial charge >= 0.3 is 5.97 Å². The van der Waals surface area contributed by atoms with Gasteiger partial charge in [0.1, 0.15) is 0 Å². The topological polar surface area (TPSA) is 93.7 Å². The van der Waals surface area contributed by atoms with Gasteiger partial charge in [0.2, 0.25) is 0 Å². The van der Waals surface area contributed by atoms with Gasteiger partial charge in [-0.05, 0) is 31.0 Å². The van der Waals surface area contributed by atoms with E-state index in [0.717, 1.165) is 6.42 Å². The summed E-state index contributed by atoms with van der Waals surface area (Å²) < 4.78 is 10.1. The molecule has 0 aliphatic carbocycles. The highest BCUT2D eigenvalue weighted by molar-refractivity contribution is 5.97. The van der Waals surface area contributed by atoms with E-state index in [-0.39, 0.29) is 12.5 Å². The first-order valence-corrected chi connectivity index (χ1v) is 7.00. The highest BCUT2D eigenvalue weighted by atomic mass is 16.6. The van der Waals surface area contributed by atoms with E-state index in [0.29, 0.717) is 24.3 Å². The molecule has 1 fully saturated rings. The van der Waals surface area contributed by atoms with E-state index in [1.54, 1.807) is 24.3 Å². The molecule has 0 spiro atoms. The minimum atomic E-state index is -0.565. The molecule has 0 unspecified atom stereocenters. The standard InChI is InChI=1S/C15H18N2O5/c1-16-14(19)10-4-2-5-11(8-10)17-13(18)9-22-15(20)12-6-3-7-21-12/h2,4-5,8,12H,3,6-7,9H2,1H3,(H,16,19)(H,17,18)/t12-/m0/s1. The van der Waals surface area contributed by atoms with Gasteiger partial charge in [-0.2, -0.15) is 0 Å². The van der Waals surface area contributed by atoms with Crippen molar-refractivity contribution in [2.75, 3.05) is 25.6 Å². The van der Waals surface area contributed by atoms with E-state index in [1.165, 1.54) is 7.05 Å². The molecule has 2 rings (SSSR count). The Hall–Kier alpha value is -2.41. The minimum Gasteiger partial charge on any atom is -0.454 e. The van der Waals surface area contributed by atoms with Crippen LogP contribution in [0.5, 0.6) is 0 Å². The zero-order valence-corrected chi connectivity index (χ0v) is 12.3. The van der Waals surface area contributed by atoms with Gasteiger partial charge in [-0.3, -0.25) is 9.59 Å². The van der Waals surface area contributed by atoms with Crippen LogP contribution in [0.15, 0.2) is 24.3 Å². The Labute approximate surface area is 128 Å². The van der Waals surface area contributed by atoms with Crippen LogP contribution in [0, 0.1) is 0 Å². The molecule has 7 heteroatoms. The second-order valence-corrected chi connectivity index (χ2v) is 4.82. The van der Waals surface area contributed by atoms with Crippen molar-refractivity contribution in [2.24, 2.45) is 0 Å². The van der Waals surface area contributed by atoms with Crippen molar-refractivity contribution in [3.63, 3.8) is 0 Å². The fourth-order valence-electron chi connectivity index (χ4n) is 2.07. The summed E-state index contributed by atoms with van der Waals surface area (Å²) in [4.78, 5) is 34.9. The summed E-state index contributed by atoms with van der Waals surface area (Å²) in [6.45, 7) is 0.154. The summed E-state index contributed by atoms with van der Waals surface area (Å²) in [5, 5.41) is 5.07. The Bertz CT molecular complexity index is 567. The van der Waals surface area contributed by atoms with E-state index in [1.807, 2.05) is 0 Å². The molecular weight excluding hydrogens is 288 g/mol. The Morgan fingerprint density at radius 3 is 2.86 bits per heavy atom. The Morgan fingerprint density at radius 1 is 1.36 bits per heavy atom. The summed E-state index contributed by atoms with van der Waals surface area (Å²) in [6, 6.07) is 6.47. The number of hydrogen-bond donors (Lipinski definition) is 2. The molecule has 0 saturated carbocycles. The summed E-state index contributed by atoms with van der Waals surface area (Å²) in [5.41, 5.74) is 0.885. The van der Waals surface area contributed by atoms with Gasteiger partial charge in [-0.25, -0.2) is 4.79 Å². The second kappa shape index (κ2) is 7.56. The van der Waals surface area contributed by atoms with Crippen LogP contribution in [0.4, 0.5) is 5.69 Å². The van der Waals surface area contributed by atoms with Gasteiger partial charge < -0.3 is 20.1 Å². The quantitative estimate of drug-likeness (QED) is 0.781. The van der Waals surface area contributed by atoms with Crippen LogP contribution in [0.25, 0.3) is 0 Å². The summed E-state index contributed by atoms with van der Waals surface area (Å²) >= 11 is 0. The minimum absolute atomic E-state index is 0.249. The molecule has 2 amide bonds. The SMILES string of the molecule is CNC(=O)c1cccc(NC(=O)COC(=O)[C@@H]2CCCO2)c1. The number of hydrogen-bond acceptors (Lipinski definition) is 5. The van der Waals surface area contributed by atoms with Crippen molar-refractivity contribution in [2.45, 2.75) is 18.9 Å². The zero-order chi connectivity index (χ0) is 15.9. The Balaban J connectivity index is 1.84. The van der Waals surface area contributed by atoms with Crippen LogP contribution < -0.4 is 10.6 Å². The molecule has 1 atom stereocenters. The lowest BCUT2D eigenvalue weighted by molar-refractivity contribution is -0.156. The van der Waals surface area contributed by atoms with Crippen LogP contribution in [0.2, 0.25) is 0 Å². The third-order valence-electron chi connectivity index (χ3n) is 3.17. The molecule has 0 bridgehead atoms. The summed E-state index contributed by atoms with van der Waals surface area (Å²) in [7, 11) is 1.53. The number of amides is 2. The Kier molecular flexibility index (Phi) is 5.48. The smallest absolute Gasteiger partial charge is 0.335 e. The first-order valence-electron chi connectivity index (χ1n) is 7.00. The first-order chi connectivity index (χ1) is 10.6. The molecule has 1 aromatic carbocycles. The van der Waals surface area contributed by atoms with E-state index >= 15 is 0 Å². The zero-order valence-electron chi connectivity index (χ0n) is 12.3. The largest absolute Gasteiger partial charge is 0.454 e. The molecule has 0 aromatic heterocycles. The van der Waals surface area contributed by atoms with Gasteiger partial charge in [-0.15, -0.1) is 0 Å². The molecule has 1 aromatic rings. The molecule has 1 aliphatic rings. The van der Waals surface area contributed by atoms with E-state index in [2.05, 4.69) is 10.6 Å². The van der Waals surface area contributed by atoms with E-state index in [4.69, 9.17) is 9.47 Å². The predicted molar refractivity (Wildman–Crippen MR) is 78.4 cm³/mol. The number of ether oxygens (including phenoxy) is 2. The summed E-state index contributed by atoms with van der Waals surface area (Å²) in [5.74, 6) is -1.24. The normalized spacial score (nSPS) is 16.9. The Morgan fingerprint density at radius 2 is 2.18 bits per heavy atom. The number of carbonyl (C=O) groups excluding carboxylic acids is 3. The van der Waals surface area contributed by atoms with Crippen molar-refractivity contribution in [1.82, 2.24) is 5.32 Å². The molecule has 118 valence electrons. The van der Waals surface area contributed by atoms with Gasteiger partial charge in [0.15, 0.2) is 12.7 Å². The van der Waals surface area contributed by atoms with Gasteiger partial charge in [0.05, 0.1) is 0 Å². The van der Waals surface area contributed by atoms with Gasteiger partial charge in [-0.1, -0.05) is 6.07 Å². The number of nitrogens with one attached hydrogen (secondary N) is 2. The van der Waals surface area contributed by atoms with Crippen LogP contribution in [-0.2, 0) is 19.1 Å². The molecule has 1 aliphatic heterocycles. The number of anilines is 1. The van der Waals surface area contributed by atoms with Crippen molar-refractivity contribution in [1.29, 1.82) is 0 Å². The summed E-state index contributed by atoms with van der Waals surface area (Å²) in [6.07, 6.45) is 0.872. The lowest BCUT2D eigenvalue weighted by atomic mass is 10.2. The van der Waals surface area contributed by atoms with Crippen LogP contribution >= 0.6 is 0 Å². The number of carbonyl (C=O) groups is 3. The molecule has 2 N–H and O–H groups in total. The predicted octanol–water partition coefficient (Wildman–Crippen LogP) is 0.707. The monoisotopic (exact) mass is 306 g/mol. The highest BCUT2D eigenvalue weighted by Gasteiger charge is 2.25. The molecular formula is C15H18N2O5. The third kappa shape index (κ3) is 4.29. The van der Waals surface area contributed by atoms with E-state index in [9.17, 15) is 14.4 Å². The average molecular weight is 306 g/mol. The maximum absolute atomic E-state index is 11.8. The fourth-order valence-corrected chi connectivity index (χ4v) is 2.07. The van der Waals surface area contributed by atoms with Crippen LogP contribution in [0.3, 0.4) is 0 Å². The lowest BCUT2D eigenvalue weighted by Crippen LogP contribution is -2.27. The molecule has 1 heterocycles. The van der Waals surface area contributed by atoms with E-state index < -0.39 is 18.0 Å². The highest BCUT2D eigenvalue weighted by Crippen LogP contribution is 2.13. The maximum Gasteiger partial charge on any atom is 0.335 e. The number of esters is 1. The fraction of sp³-hybridized carbons (Fsp3) is 0.400. The molecule has 22 heavy (non-hydrogen) atoms. The number of benzene rings is 1. The van der Waals surface area contributed by atoms with Crippen molar-refractivity contribution >= 4 is 23.5 Å². The molecule has 7 nitrogen and oxygen atoms in total. The van der Waals surface area contributed by atoms with Crippen LogP contribution in [0.1, 0.15) is 23.2 Å². The first kappa shape index (κ1) is 16.0. The maximum atomic E-state index is 11.8. The number of rotatable bonds is 5. The van der Waals surface area contributed by atoms with Gasteiger partial charge in [0, 0.05) is 24.9 Å². The van der Waals surface area contributed by atoms with Crippen LogP contribution in [-0.4, -0.2) is 44.1 Å². The molecule has 1 saturated heterocycles. The van der Waals surface area contributed by atoms with Gasteiger partial charge in [0.25, 0.3) is 11.8 Å².